The average molecular weight is 377 g/mol. The molecule has 0 saturated heterocycles. The van der Waals surface area contributed by atoms with E-state index >= 15 is 0 Å². The molecule has 0 saturated carbocycles. The second-order valence-electron chi connectivity index (χ2n) is 7.39. The maximum absolute atomic E-state index is 5.58. The van der Waals surface area contributed by atoms with Crippen LogP contribution >= 0.6 is 0 Å². The molecule has 0 unspecified atom stereocenters. The van der Waals surface area contributed by atoms with Crippen LogP contribution in [0.5, 0.6) is 0 Å². The molecule has 4 aromatic heterocycles. The SMILES string of the molecule is Cn1cc(-c2c[nH]cc2-c2c[nH]c3ccccc23)c2ccc(-c3ccco3)cc21. The van der Waals surface area contributed by atoms with Gasteiger partial charge in [-0.15, -0.1) is 0 Å². The standard InChI is InChI=1S/C25H19N3O/c1-28-15-22(18-9-8-16(11-24(18)28)25-7-4-10-29-25)20-13-26-12-19(20)21-14-27-23-6-3-2-5-17(21)23/h2-15,26-27H,1H3. The summed E-state index contributed by atoms with van der Waals surface area (Å²) in [4.78, 5) is 6.71. The Morgan fingerprint density at radius 3 is 2.52 bits per heavy atom. The Labute approximate surface area is 167 Å². The molecule has 0 aliphatic rings. The van der Waals surface area contributed by atoms with Gasteiger partial charge in [-0.25, -0.2) is 0 Å². The summed E-state index contributed by atoms with van der Waals surface area (Å²) in [5.41, 5.74) is 8.24. The third-order valence-electron chi connectivity index (χ3n) is 5.71. The van der Waals surface area contributed by atoms with Gasteiger partial charge in [0.2, 0.25) is 0 Å². The maximum Gasteiger partial charge on any atom is 0.133 e. The minimum absolute atomic E-state index is 0.885. The number of fused-ring (bicyclic) bond motifs is 2. The Kier molecular flexibility index (Phi) is 3.35. The first-order valence-electron chi connectivity index (χ1n) is 9.66. The number of furan rings is 1. The van der Waals surface area contributed by atoms with Crippen molar-refractivity contribution in [3.63, 3.8) is 0 Å². The van der Waals surface area contributed by atoms with Crippen molar-refractivity contribution >= 4 is 21.8 Å². The van der Waals surface area contributed by atoms with Gasteiger partial charge in [-0.1, -0.05) is 30.3 Å². The lowest BCUT2D eigenvalue weighted by molar-refractivity contribution is 0.582. The molecule has 29 heavy (non-hydrogen) atoms. The van der Waals surface area contributed by atoms with Crippen molar-refractivity contribution < 1.29 is 4.42 Å². The fraction of sp³-hybridized carbons (Fsp3) is 0.0400. The number of hydrogen-bond donors (Lipinski definition) is 2. The van der Waals surface area contributed by atoms with Crippen LogP contribution in [0.4, 0.5) is 0 Å². The highest BCUT2D eigenvalue weighted by Crippen LogP contribution is 2.40. The Balaban J connectivity index is 1.54. The Bertz CT molecular complexity index is 1460. The fourth-order valence-electron chi connectivity index (χ4n) is 4.30. The van der Waals surface area contributed by atoms with Crippen LogP contribution in [0.3, 0.4) is 0 Å². The quantitative estimate of drug-likeness (QED) is 0.359. The van der Waals surface area contributed by atoms with Crippen LogP contribution in [-0.2, 0) is 7.05 Å². The topological polar surface area (TPSA) is 49.6 Å². The molecule has 4 heterocycles. The van der Waals surface area contributed by atoms with E-state index in [1.807, 2.05) is 12.1 Å². The highest BCUT2D eigenvalue weighted by atomic mass is 16.3. The molecule has 0 aliphatic carbocycles. The summed E-state index contributed by atoms with van der Waals surface area (Å²) < 4.78 is 7.76. The molecule has 6 rings (SSSR count). The average Bonchev–Trinajstić information content (AvgIpc) is 3.53. The minimum atomic E-state index is 0.885. The zero-order chi connectivity index (χ0) is 19.4. The van der Waals surface area contributed by atoms with Crippen LogP contribution in [0, 0.1) is 0 Å². The Morgan fingerprint density at radius 2 is 1.66 bits per heavy atom. The summed E-state index contributed by atoms with van der Waals surface area (Å²) in [7, 11) is 2.09. The molecule has 0 spiro atoms. The first-order valence-corrected chi connectivity index (χ1v) is 9.66. The molecule has 0 aliphatic heterocycles. The lowest BCUT2D eigenvalue weighted by atomic mass is 9.98. The van der Waals surface area contributed by atoms with Crippen LogP contribution in [0.25, 0.3) is 55.4 Å². The van der Waals surface area contributed by atoms with Gasteiger partial charge in [0.25, 0.3) is 0 Å². The van der Waals surface area contributed by atoms with E-state index in [0.29, 0.717) is 0 Å². The molecule has 0 fully saturated rings. The van der Waals surface area contributed by atoms with E-state index < -0.39 is 0 Å². The Morgan fingerprint density at radius 1 is 0.793 bits per heavy atom. The van der Waals surface area contributed by atoms with Gasteiger partial charge in [-0.2, -0.15) is 0 Å². The number of aryl methyl sites for hydroxylation is 1. The number of benzene rings is 2. The number of para-hydroxylation sites is 1. The van der Waals surface area contributed by atoms with E-state index in [2.05, 4.69) is 88.8 Å². The fourth-order valence-corrected chi connectivity index (χ4v) is 4.30. The highest BCUT2D eigenvalue weighted by molar-refractivity contribution is 6.05. The van der Waals surface area contributed by atoms with Crippen LogP contribution < -0.4 is 0 Å². The molecule has 4 heteroatoms. The summed E-state index contributed by atoms with van der Waals surface area (Å²) in [5.74, 6) is 0.885. The maximum atomic E-state index is 5.58. The third-order valence-corrected chi connectivity index (χ3v) is 5.71. The van der Waals surface area contributed by atoms with Gasteiger partial charge in [0.05, 0.1) is 6.26 Å². The summed E-state index contributed by atoms with van der Waals surface area (Å²) in [6, 6.07) is 18.8. The molecule has 0 amide bonds. The molecule has 0 atom stereocenters. The number of aromatic amines is 2. The van der Waals surface area contributed by atoms with E-state index in [4.69, 9.17) is 4.42 Å². The van der Waals surface area contributed by atoms with Gasteiger partial charge in [0, 0.05) is 81.5 Å². The number of hydrogen-bond acceptors (Lipinski definition) is 1. The lowest BCUT2D eigenvalue weighted by Gasteiger charge is -2.03. The second kappa shape index (κ2) is 6.04. The predicted molar refractivity (Wildman–Crippen MR) is 118 cm³/mol. The predicted octanol–water partition coefficient (Wildman–Crippen LogP) is 6.58. The van der Waals surface area contributed by atoms with Gasteiger partial charge in [0.1, 0.15) is 5.76 Å². The highest BCUT2D eigenvalue weighted by Gasteiger charge is 2.17. The van der Waals surface area contributed by atoms with Crippen molar-refractivity contribution in [2.24, 2.45) is 7.05 Å². The molecule has 0 bridgehead atoms. The van der Waals surface area contributed by atoms with Gasteiger partial charge >= 0.3 is 0 Å². The number of nitrogens with one attached hydrogen (secondary N) is 2. The number of nitrogens with zero attached hydrogens (tertiary/aromatic N) is 1. The van der Waals surface area contributed by atoms with Gasteiger partial charge in [-0.05, 0) is 24.3 Å². The third kappa shape index (κ3) is 2.39. The zero-order valence-corrected chi connectivity index (χ0v) is 15.9. The van der Waals surface area contributed by atoms with Crippen molar-refractivity contribution in [1.82, 2.24) is 14.5 Å². The number of H-pyrrole nitrogens is 2. The molecule has 140 valence electrons. The Hall–Kier alpha value is -3.92. The zero-order valence-electron chi connectivity index (χ0n) is 15.9. The molecule has 6 aromatic rings. The smallest absolute Gasteiger partial charge is 0.133 e. The first-order chi connectivity index (χ1) is 14.3. The number of rotatable bonds is 3. The first kappa shape index (κ1) is 16.1. The summed E-state index contributed by atoms with van der Waals surface area (Å²) >= 11 is 0. The van der Waals surface area contributed by atoms with Gasteiger partial charge < -0.3 is 19.0 Å². The van der Waals surface area contributed by atoms with Crippen molar-refractivity contribution in [1.29, 1.82) is 0 Å². The second-order valence-corrected chi connectivity index (χ2v) is 7.39. The molecular formula is C25H19N3O. The normalized spacial score (nSPS) is 11.6. The summed E-state index contributed by atoms with van der Waals surface area (Å²) in [6.45, 7) is 0. The van der Waals surface area contributed by atoms with Crippen LogP contribution in [-0.4, -0.2) is 14.5 Å². The van der Waals surface area contributed by atoms with E-state index in [1.54, 1.807) is 6.26 Å². The van der Waals surface area contributed by atoms with Crippen molar-refractivity contribution in [2.75, 3.05) is 0 Å². The van der Waals surface area contributed by atoms with E-state index in [-0.39, 0.29) is 0 Å². The van der Waals surface area contributed by atoms with Crippen molar-refractivity contribution in [3.8, 4) is 33.6 Å². The monoisotopic (exact) mass is 377 g/mol. The van der Waals surface area contributed by atoms with E-state index in [1.165, 1.54) is 38.5 Å². The molecule has 4 nitrogen and oxygen atoms in total. The molecular weight excluding hydrogens is 358 g/mol. The van der Waals surface area contributed by atoms with Gasteiger partial charge in [0.15, 0.2) is 0 Å². The van der Waals surface area contributed by atoms with E-state index in [9.17, 15) is 0 Å². The van der Waals surface area contributed by atoms with Crippen molar-refractivity contribution in [3.05, 3.63) is 85.6 Å². The van der Waals surface area contributed by atoms with E-state index in [0.717, 1.165) is 16.8 Å². The lowest BCUT2D eigenvalue weighted by Crippen LogP contribution is -1.84. The summed E-state index contributed by atoms with van der Waals surface area (Å²) in [6.07, 6.45) is 10.2. The van der Waals surface area contributed by atoms with Crippen LogP contribution in [0.2, 0.25) is 0 Å². The van der Waals surface area contributed by atoms with Crippen LogP contribution in [0.15, 0.2) is 90.1 Å². The summed E-state index contributed by atoms with van der Waals surface area (Å²) in [5, 5.41) is 2.46. The molecule has 2 N–H and O–H groups in total. The van der Waals surface area contributed by atoms with Crippen LogP contribution in [0.1, 0.15) is 0 Å². The molecule has 0 radical (unpaired) electrons. The van der Waals surface area contributed by atoms with Gasteiger partial charge in [-0.3, -0.25) is 0 Å². The molecule has 2 aromatic carbocycles. The number of aromatic nitrogens is 3. The largest absolute Gasteiger partial charge is 0.464 e. The minimum Gasteiger partial charge on any atom is -0.464 e. The van der Waals surface area contributed by atoms with Crippen molar-refractivity contribution in [2.45, 2.75) is 0 Å².